The summed E-state index contributed by atoms with van der Waals surface area (Å²) >= 11 is 0. The van der Waals surface area contributed by atoms with E-state index in [9.17, 15) is 0 Å². The number of rotatable bonds is 15. The first-order chi connectivity index (χ1) is 18.5. The Labute approximate surface area is 244 Å². The van der Waals surface area contributed by atoms with Crippen molar-refractivity contribution in [2.24, 2.45) is 0 Å². The van der Waals surface area contributed by atoms with Gasteiger partial charge in [0, 0.05) is 5.92 Å². The monoisotopic (exact) mass is 533 g/mol. The van der Waals surface area contributed by atoms with Crippen LogP contribution in [0.15, 0.2) is 24.3 Å². The third-order valence-electron chi connectivity index (χ3n) is 10.6. The summed E-state index contributed by atoms with van der Waals surface area (Å²) in [6.07, 6.45) is 8.32. The van der Waals surface area contributed by atoms with Crippen molar-refractivity contribution in [3.05, 3.63) is 68.8 Å². The lowest BCUT2D eigenvalue weighted by Crippen LogP contribution is -2.18. The molecule has 0 aliphatic rings. The molecule has 0 N–H and O–H groups in total. The van der Waals surface area contributed by atoms with E-state index in [0.717, 1.165) is 6.42 Å². The zero-order chi connectivity index (χ0) is 29.4. The zero-order valence-electron chi connectivity index (χ0n) is 28.3. The second-order valence-corrected chi connectivity index (χ2v) is 13.0. The smallest absolute Gasteiger partial charge is 0.00980 e. The number of hydrogen-bond acceptors (Lipinski definition) is 0. The van der Waals surface area contributed by atoms with Crippen LogP contribution in [0.5, 0.6) is 0 Å². The van der Waals surface area contributed by atoms with E-state index in [1.54, 1.807) is 44.5 Å². The second kappa shape index (κ2) is 15.4. The predicted molar refractivity (Wildman–Crippen MR) is 177 cm³/mol. The molecule has 2 rings (SSSR count). The summed E-state index contributed by atoms with van der Waals surface area (Å²) in [5, 5.41) is 0. The SMILES string of the molecule is CCC(C)c1cc(C(C)CC)c(C(CC)c2c(C(C)CC)cc(C(C)CC)cc2C(C)CC)c(C(C)CC)c1. The summed E-state index contributed by atoms with van der Waals surface area (Å²) in [6.45, 7) is 31.4. The first kappa shape index (κ1) is 33.6. The molecule has 0 saturated heterocycles. The second-order valence-electron chi connectivity index (χ2n) is 13.0. The molecule has 0 fully saturated rings. The molecule has 0 nitrogen and oxygen atoms in total. The number of benzene rings is 2. The van der Waals surface area contributed by atoms with Gasteiger partial charge in [0.1, 0.15) is 0 Å². The molecular weight excluding hydrogens is 468 g/mol. The minimum Gasteiger partial charge on any atom is -0.0648 e. The van der Waals surface area contributed by atoms with E-state index < -0.39 is 0 Å². The van der Waals surface area contributed by atoms with Crippen molar-refractivity contribution < 1.29 is 0 Å². The van der Waals surface area contributed by atoms with Crippen LogP contribution >= 0.6 is 0 Å². The summed E-state index contributed by atoms with van der Waals surface area (Å²) in [7, 11) is 0. The van der Waals surface area contributed by atoms with Gasteiger partial charge in [0.25, 0.3) is 0 Å². The molecule has 39 heavy (non-hydrogen) atoms. The Bertz CT molecular complexity index is 883. The van der Waals surface area contributed by atoms with Gasteiger partial charge < -0.3 is 0 Å². The van der Waals surface area contributed by atoms with Crippen LogP contribution in [0.1, 0.15) is 221 Å². The molecule has 0 aliphatic carbocycles. The van der Waals surface area contributed by atoms with Crippen molar-refractivity contribution in [2.75, 3.05) is 0 Å². The summed E-state index contributed by atoms with van der Waals surface area (Å²) in [5.41, 5.74) is 13.0. The molecule has 220 valence electrons. The van der Waals surface area contributed by atoms with Gasteiger partial charge in [0.2, 0.25) is 0 Å². The Morgan fingerprint density at radius 2 is 0.590 bits per heavy atom. The highest BCUT2D eigenvalue weighted by atomic mass is 14.3. The standard InChI is InChI=1S/C39H64/c1-14-25(8)31-21-34(27(10)16-3)38(35(22-31)28(11)17-4)33(20-7)39-36(29(12)18-5)23-32(26(9)15-2)24-37(39)30(13)19-6/h21-30,33H,14-20H2,1-13H3. The third-order valence-corrected chi connectivity index (χ3v) is 10.6. The molecule has 6 atom stereocenters. The van der Waals surface area contributed by atoms with E-state index in [-0.39, 0.29) is 0 Å². The molecule has 2 aromatic carbocycles. The quantitative estimate of drug-likeness (QED) is 0.214. The summed E-state index contributed by atoms with van der Waals surface area (Å²) in [4.78, 5) is 0. The van der Waals surface area contributed by atoms with E-state index in [1.165, 1.54) is 38.5 Å². The number of hydrogen-bond donors (Lipinski definition) is 0. The molecule has 2 aromatic rings. The van der Waals surface area contributed by atoms with Crippen LogP contribution in [0.3, 0.4) is 0 Å². The van der Waals surface area contributed by atoms with Crippen LogP contribution in [0.2, 0.25) is 0 Å². The van der Waals surface area contributed by atoms with Crippen LogP contribution in [-0.4, -0.2) is 0 Å². The van der Waals surface area contributed by atoms with Gasteiger partial charge in [-0.05, 0) is 125 Å². The van der Waals surface area contributed by atoms with Crippen LogP contribution < -0.4 is 0 Å². The fourth-order valence-electron chi connectivity index (χ4n) is 6.35. The highest BCUT2D eigenvalue weighted by Gasteiger charge is 2.31. The molecule has 0 heterocycles. The van der Waals surface area contributed by atoms with Crippen LogP contribution in [0.4, 0.5) is 0 Å². The maximum Gasteiger partial charge on any atom is 0.00980 e. The van der Waals surface area contributed by atoms with Crippen molar-refractivity contribution in [3.63, 3.8) is 0 Å². The lowest BCUT2D eigenvalue weighted by atomic mass is 9.70. The molecular formula is C39H64. The van der Waals surface area contributed by atoms with Crippen molar-refractivity contribution in [3.8, 4) is 0 Å². The molecule has 0 saturated carbocycles. The molecule has 0 heteroatoms. The first-order valence-electron chi connectivity index (χ1n) is 16.9. The predicted octanol–water partition coefficient (Wildman–Crippen LogP) is 13.3. The Morgan fingerprint density at radius 1 is 0.359 bits per heavy atom. The van der Waals surface area contributed by atoms with E-state index in [1.807, 2.05) is 0 Å². The van der Waals surface area contributed by atoms with Crippen molar-refractivity contribution in [1.82, 2.24) is 0 Å². The van der Waals surface area contributed by atoms with Gasteiger partial charge >= 0.3 is 0 Å². The molecule has 0 aromatic heterocycles. The van der Waals surface area contributed by atoms with E-state index in [2.05, 4.69) is 114 Å². The lowest BCUT2D eigenvalue weighted by molar-refractivity contribution is 0.622. The maximum absolute atomic E-state index is 2.63. The van der Waals surface area contributed by atoms with Gasteiger partial charge in [0.05, 0.1) is 0 Å². The third kappa shape index (κ3) is 7.40. The topological polar surface area (TPSA) is 0 Å². The van der Waals surface area contributed by atoms with Crippen molar-refractivity contribution in [2.45, 2.75) is 176 Å². The Kier molecular flexibility index (Phi) is 13.3. The van der Waals surface area contributed by atoms with Crippen molar-refractivity contribution >= 4 is 0 Å². The molecule has 6 unspecified atom stereocenters. The van der Waals surface area contributed by atoms with Crippen LogP contribution in [-0.2, 0) is 0 Å². The first-order valence-corrected chi connectivity index (χ1v) is 16.9. The van der Waals surface area contributed by atoms with E-state index in [4.69, 9.17) is 0 Å². The van der Waals surface area contributed by atoms with Crippen LogP contribution in [0, 0.1) is 0 Å². The lowest BCUT2D eigenvalue weighted by Gasteiger charge is -2.34. The Balaban J connectivity index is 3.11. The Morgan fingerprint density at radius 3 is 0.769 bits per heavy atom. The average molecular weight is 533 g/mol. The molecule has 0 radical (unpaired) electrons. The highest BCUT2D eigenvalue weighted by Crippen LogP contribution is 2.47. The van der Waals surface area contributed by atoms with Gasteiger partial charge in [-0.3, -0.25) is 0 Å². The van der Waals surface area contributed by atoms with Gasteiger partial charge in [-0.1, -0.05) is 114 Å². The normalized spacial score (nSPS) is 17.4. The van der Waals surface area contributed by atoms with Gasteiger partial charge in [-0.25, -0.2) is 0 Å². The van der Waals surface area contributed by atoms with Crippen LogP contribution in [0.25, 0.3) is 0 Å². The van der Waals surface area contributed by atoms with Gasteiger partial charge in [-0.15, -0.1) is 0 Å². The van der Waals surface area contributed by atoms with E-state index >= 15 is 0 Å². The maximum atomic E-state index is 2.63. The summed E-state index contributed by atoms with van der Waals surface area (Å²) in [5.74, 6) is 3.93. The highest BCUT2D eigenvalue weighted by molar-refractivity contribution is 5.55. The average Bonchev–Trinajstić information content (AvgIpc) is 2.98. The van der Waals surface area contributed by atoms with Gasteiger partial charge in [0.15, 0.2) is 0 Å². The fourth-order valence-corrected chi connectivity index (χ4v) is 6.35. The zero-order valence-corrected chi connectivity index (χ0v) is 28.3. The minimum absolute atomic E-state index is 0.447. The minimum atomic E-state index is 0.447. The van der Waals surface area contributed by atoms with E-state index in [0.29, 0.717) is 41.4 Å². The molecule has 0 spiro atoms. The molecule has 0 aliphatic heterocycles. The summed E-state index contributed by atoms with van der Waals surface area (Å²) < 4.78 is 0. The van der Waals surface area contributed by atoms with Gasteiger partial charge in [-0.2, -0.15) is 0 Å². The largest absolute Gasteiger partial charge is 0.0648 e. The Hall–Kier alpha value is -1.56. The fraction of sp³-hybridized carbons (Fsp3) is 0.692. The molecule has 0 bridgehead atoms. The molecule has 0 amide bonds. The van der Waals surface area contributed by atoms with Crippen molar-refractivity contribution in [1.29, 1.82) is 0 Å². The summed E-state index contributed by atoms with van der Waals surface area (Å²) in [6, 6.07) is 10.5.